The van der Waals surface area contributed by atoms with E-state index >= 15 is 0 Å². The van der Waals surface area contributed by atoms with Crippen molar-refractivity contribution in [2.24, 2.45) is 0 Å². The van der Waals surface area contributed by atoms with E-state index in [1.807, 2.05) is 38.1 Å². The molecule has 3 aromatic rings. The Labute approximate surface area is 225 Å². The van der Waals surface area contributed by atoms with Gasteiger partial charge >= 0.3 is 5.97 Å². The molecule has 3 amide bonds. The third-order valence-electron chi connectivity index (χ3n) is 5.87. The molecule has 0 saturated heterocycles. The highest BCUT2D eigenvalue weighted by atomic mass is 35.5. The quantitative estimate of drug-likeness (QED) is 0.279. The number of para-hydroxylation sites is 1. The topological polar surface area (TPSA) is 105 Å². The SMILES string of the molecule is CCCOC(=O)c1cccc(N2C(=O)C(Cl)=C(Nc3ccc(C(=O)Nc4ccccc4CC)cc3)C2=O)c1. The van der Waals surface area contributed by atoms with Crippen LogP contribution in [-0.4, -0.2) is 30.3 Å². The molecular weight excluding hydrogens is 506 g/mol. The van der Waals surface area contributed by atoms with Crippen LogP contribution in [0.4, 0.5) is 17.1 Å². The van der Waals surface area contributed by atoms with E-state index < -0.39 is 17.8 Å². The Kier molecular flexibility index (Phi) is 8.23. The Balaban J connectivity index is 1.47. The van der Waals surface area contributed by atoms with Crippen molar-refractivity contribution < 1.29 is 23.9 Å². The summed E-state index contributed by atoms with van der Waals surface area (Å²) in [5.74, 6) is -2.21. The van der Waals surface area contributed by atoms with Crippen molar-refractivity contribution >= 4 is 52.4 Å². The van der Waals surface area contributed by atoms with Gasteiger partial charge in [0, 0.05) is 16.9 Å². The lowest BCUT2D eigenvalue weighted by atomic mass is 10.1. The zero-order valence-corrected chi connectivity index (χ0v) is 21.7. The third-order valence-corrected chi connectivity index (χ3v) is 6.22. The summed E-state index contributed by atoms with van der Waals surface area (Å²) in [5, 5.41) is 5.51. The molecule has 0 bridgehead atoms. The number of nitrogens with one attached hydrogen (secondary N) is 2. The van der Waals surface area contributed by atoms with Crippen LogP contribution in [0, 0.1) is 0 Å². The first-order valence-electron chi connectivity index (χ1n) is 12.2. The van der Waals surface area contributed by atoms with Gasteiger partial charge in [-0.25, -0.2) is 9.69 Å². The zero-order chi connectivity index (χ0) is 27.2. The number of amides is 3. The Hall–Kier alpha value is -4.43. The molecule has 0 aromatic heterocycles. The molecule has 0 radical (unpaired) electrons. The van der Waals surface area contributed by atoms with Crippen molar-refractivity contribution in [2.75, 3.05) is 22.1 Å². The third kappa shape index (κ3) is 5.60. The second-order valence-corrected chi connectivity index (χ2v) is 8.87. The summed E-state index contributed by atoms with van der Waals surface area (Å²) in [6, 6.07) is 20.0. The number of carbonyl (C=O) groups excluding carboxylic acids is 4. The minimum Gasteiger partial charge on any atom is -0.462 e. The number of hydrogen-bond acceptors (Lipinski definition) is 6. The molecule has 194 valence electrons. The van der Waals surface area contributed by atoms with Crippen molar-refractivity contribution in [2.45, 2.75) is 26.7 Å². The van der Waals surface area contributed by atoms with E-state index in [1.165, 1.54) is 12.1 Å². The lowest BCUT2D eigenvalue weighted by molar-refractivity contribution is -0.120. The molecule has 0 atom stereocenters. The fourth-order valence-corrected chi connectivity index (χ4v) is 4.10. The van der Waals surface area contributed by atoms with Crippen molar-refractivity contribution in [1.82, 2.24) is 0 Å². The number of anilines is 3. The van der Waals surface area contributed by atoms with Gasteiger partial charge in [-0.2, -0.15) is 0 Å². The van der Waals surface area contributed by atoms with E-state index in [9.17, 15) is 19.2 Å². The van der Waals surface area contributed by atoms with Crippen LogP contribution in [0.2, 0.25) is 0 Å². The predicted molar refractivity (Wildman–Crippen MR) is 146 cm³/mol. The van der Waals surface area contributed by atoms with Crippen LogP contribution in [-0.2, 0) is 20.7 Å². The normalized spacial score (nSPS) is 13.1. The highest BCUT2D eigenvalue weighted by molar-refractivity contribution is 6.53. The maximum atomic E-state index is 13.1. The second-order valence-electron chi connectivity index (χ2n) is 8.49. The molecule has 8 nitrogen and oxygen atoms in total. The van der Waals surface area contributed by atoms with Gasteiger partial charge in [-0.05, 0) is 66.9 Å². The van der Waals surface area contributed by atoms with E-state index in [1.54, 1.807) is 36.4 Å². The minimum absolute atomic E-state index is 0.107. The van der Waals surface area contributed by atoms with Gasteiger partial charge in [0.15, 0.2) is 0 Å². The summed E-state index contributed by atoms with van der Waals surface area (Å²) in [7, 11) is 0. The molecule has 1 aliphatic heterocycles. The number of rotatable bonds is 9. The lowest BCUT2D eigenvalue weighted by Crippen LogP contribution is -2.32. The lowest BCUT2D eigenvalue weighted by Gasteiger charge is -2.16. The van der Waals surface area contributed by atoms with Crippen molar-refractivity contribution in [1.29, 1.82) is 0 Å². The van der Waals surface area contributed by atoms with E-state index in [0.29, 0.717) is 17.7 Å². The Morgan fingerprint density at radius 3 is 2.34 bits per heavy atom. The highest BCUT2D eigenvalue weighted by Gasteiger charge is 2.39. The molecule has 0 unspecified atom stereocenters. The number of aryl methyl sites for hydroxylation is 1. The number of imide groups is 1. The number of esters is 1. The van der Waals surface area contributed by atoms with Gasteiger partial charge in [-0.3, -0.25) is 14.4 Å². The number of carbonyl (C=O) groups is 4. The molecule has 4 rings (SSSR count). The fourth-order valence-electron chi connectivity index (χ4n) is 3.89. The maximum absolute atomic E-state index is 13.1. The van der Waals surface area contributed by atoms with Crippen LogP contribution in [0.3, 0.4) is 0 Å². The first-order chi connectivity index (χ1) is 18.3. The first kappa shape index (κ1) is 26.6. The standard InChI is InChI=1S/C29H26ClN3O5/c1-3-16-38-29(37)20-9-7-10-22(17-20)33-27(35)24(30)25(28(33)36)31-21-14-12-19(13-15-21)26(34)32-23-11-6-5-8-18(23)4-2/h5-15,17,31H,3-4,16H2,1-2H3,(H,32,34). The van der Waals surface area contributed by atoms with E-state index in [2.05, 4.69) is 10.6 Å². The molecule has 2 N–H and O–H groups in total. The molecule has 0 fully saturated rings. The van der Waals surface area contributed by atoms with Gasteiger partial charge in [0.25, 0.3) is 17.7 Å². The average Bonchev–Trinajstić information content (AvgIpc) is 3.15. The highest BCUT2D eigenvalue weighted by Crippen LogP contribution is 2.31. The number of nitrogens with zero attached hydrogens (tertiary/aromatic N) is 1. The van der Waals surface area contributed by atoms with Crippen molar-refractivity contribution in [3.63, 3.8) is 0 Å². The van der Waals surface area contributed by atoms with E-state index in [0.717, 1.165) is 22.6 Å². The number of hydrogen-bond donors (Lipinski definition) is 2. The minimum atomic E-state index is -0.719. The smallest absolute Gasteiger partial charge is 0.338 e. The van der Waals surface area contributed by atoms with Crippen LogP contribution in [0.15, 0.2) is 83.5 Å². The molecule has 1 heterocycles. The van der Waals surface area contributed by atoms with Crippen LogP contribution in [0.5, 0.6) is 0 Å². The van der Waals surface area contributed by atoms with Gasteiger partial charge < -0.3 is 15.4 Å². The van der Waals surface area contributed by atoms with Crippen molar-refractivity contribution in [3.8, 4) is 0 Å². The molecular formula is C29H26ClN3O5. The maximum Gasteiger partial charge on any atom is 0.338 e. The first-order valence-corrected chi connectivity index (χ1v) is 12.5. The fraction of sp³-hybridized carbons (Fsp3) is 0.172. The van der Waals surface area contributed by atoms with Gasteiger partial charge in [-0.1, -0.05) is 49.7 Å². The molecule has 9 heteroatoms. The average molecular weight is 532 g/mol. The van der Waals surface area contributed by atoms with Gasteiger partial charge in [0.2, 0.25) is 0 Å². The Bertz CT molecular complexity index is 1430. The van der Waals surface area contributed by atoms with Crippen LogP contribution in [0.25, 0.3) is 0 Å². The molecule has 0 spiro atoms. The largest absolute Gasteiger partial charge is 0.462 e. The predicted octanol–water partition coefficient (Wildman–Crippen LogP) is 5.50. The van der Waals surface area contributed by atoms with Gasteiger partial charge in [-0.15, -0.1) is 0 Å². The summed E-state index contributed by atoms with van der Waals surface area (Å²) in [6.07, 6.45) is 1.45. The van der Waals surface area contributed by atoms with Crippen LogP contribution in [0.1, 0.15) is 46.5 Å². The molecule has 0 aliphatic carbocycles. The number of halogens is 1. The summed E-state index contributed by atoms with van der Waals surface area (Å²) < 4.78 is 5.14. The van der Waals surface area contributed by atoms with E-state index in [4.69, 9.17) is 16.3 Å². The van der Waals surface area contributed by atoms with Crippen LogP contribution >= 0.6 is 11.6 Å². The summed E-state index contributed by atoms with van der Waals surface area (Å²) >= 11 is 6.24. The zero-order valence-electron chi connectivity index (χ0n) is 20.9. The van der Waals surface area contributed by atoms with Crippen molar-refractivity contribution in [3.05, 3.63) is 100 Å². The Morgan fingerprint density at radius 2 is 1.63 bits per heavy atom. The molecule has 1 aliphatic rings. The van der Waals surface area contributed by atoms with Crippen LogP contribution < -0.4 is 15.5 Å². The second kappa shape index (κ2) is 11.7. The molecule has 0 saturated carbocycles. The summed E-state index contributed by atoms with van der Waals surface area (Å²) in [5.41, 5.74) is 2.96. The van der Waals surface area contributed by atoms with E-state index in [-0.39, 0.29) is 34.5 Å². The number of benzene rings is 3. The van der Waals surface area contributed by atoms with Gasteiger partial charge in [0.1, 0.15) is 10.7 Å². The summed E-state index contributed by atoms with van der Waals surface area (Å²) in [6.45, 7) is 4.15. The Morgan fingerprint density at radius 1 is 0.895 bits per heavy atom. The number of ether oxygens (including phenoxy) is 1. The summed E-state index contributed by atoms with van der Waals surface area (Å²) in [4.78, 5) is 51.8. The molecule has 38 heavy (non-hydrogen) atoms. The monoisotopic (exact) mass is 531 g/mol. The molecule has 3 aromatic carbocycles. The van der Waals surface area contributed by atoms with Gasteiger partial charge in [0.05, 0.1) is 17.9 Å².